The summed E-state index contributed by atoms with van der Waals surface area (Å²) in [5, 5.41) is 14.6. The number of carbonyl (C=O) groups is 2. The van der Waals surface area contributed by atoms with E-state index >= 15 is 0 Å². The first-order chi connectivity index (χ1) is 14.8. The average molecular weight is 430 g/mol. The lowest BCUT2D eigenvalue weighted by atomic mass is 10.2. The van der Waals surface area contributed by atoms with Crippen molar-refractivity contribution in [2.45, 2.75) is 53.0 Å². The number of aromatic nitrogens is 2. The molecule has 1 unspecified atom stereocenters. The van der Waals surface area contributed by atoms with E-state index in [0.717, 1.165) is 43.7 Å². The quantitative estimate of drug-likeness (QED) is 0.390. The van der Waals surface area contributed by atoms with E-state index in [4.69, 9.17) is 5.11 Å². The Labute approximate surface area is 185 Å². The van der Waals surface area contributed by atoms with Gasteiger partial charge < -0.3 is 20.6 Å². The van der Waals surface area contributed by atoms with Gasteiger partial charge in [-0.2, -0.15) is 0 Å². The lowest BCUT2D eigenvalue weighted by molar-refractivity contribution is -0.138. The molecule has 1 atom stereocenters. The number of carboxylic acids is 1. The Bertz CT molecular complexity index is 804. The van der Waals surface area contributed by atoms with Crippen molar-refractivity contribution in [3.63, 3.8) is 0 Å². The molecular weight excluding hydrogens is 394 g/mol. The first-order valence-electron chi connectivity index (χ1n) is 10.7. The van der Waals surface area contributed by atoms with Crippen molar-refractivity contribution >= 4 is 17.7 Å². The number of hydrogen-bond acceptors (Lipinski definition) is 6. The van der Waals surface area contributed by atoms with Gasteiger partial charge in [0.2, 0.25) is 0 Å². The van der Waals surface area contributed by atoms with Gasteiger partial charge in [0.25, 0.3) is 5.91 Å². The van der Waals surface area contributed by atoms with Crippen LogP contribution in [-0.2, 0) is 4.79 Å². The molecular formula is C23H35N5O3. The Morgan fingerprint density at radius 1 is 1.26 bits per heavy atom. The Hall–Kier alpha value is -3.00. The zero-order valence-corrected chi connectivity index (χ0v) is 19.0. The topological polar surface area (TPSA) is 107 Å². The molecule has 0 spiro atoms. The molecule has 1 heterocycles. The molecule has 170 valence electrons. The van der Waals surface area contributed by atoms with Crippen LogP contribution >= 0.6 is 0 Å². The molecule has 0 aromatic carbocycles. The van der Waals surface area contributed by atoms with Crippen LogP contribution in [0, 0.1) is 0 Å². The highest BCUT2D eigenvalue weighted by atomic mass is 16.4. The van der Waals surface area contributed by atoms with Crippen molar-refractivity contribution in [2.75, 3.05) is 24.5 Å². The van der Waals surface area contributed by atoms with Crippen LogP contribution < -0.4 is 15.5 Å². The number of carbonyl (C=O) groups excluding carboxylic acids is 1. The molecule has 3 N–H and O–H groups in total. The predicted molar refractivity (Wildman–Crippen MR) is 124 cm³/mol. The zero-order chi connectivity index (χ0) is 23.2. The maximum atomic E-state index is 12.8. The smallest absolute Gasteiger partial charge is 0.320 e. The number of nitrogens with zero attached hydrogens (tertiary/aromatic N) is 3. The number of carboxylic acid groups (broad SMARTS) is 1. The van der Waals surface area contributed by atoms with Gasteiger partial charge in [0.05, 0.1) is 0 Å². The van der Waals surface area contributed by atoms with Gasteiger partial charge in [-0.05, 0) is 38.3 Å². The molecule has 0 fully saturated rings. The first kappa shape index (κ1) is 26.0. The number of anilines is 1. The van der Waals surface area contributed by atoms with Crippen molar-refractivity contribution in [2.24, 2.45) is 0 Å². The summed E-state index contributed by atoms with van der Waals surface area (Å²) in [5.74, 6) is -0.498. The summed E-state index contributed by atoms with van der Waals surface area (Å²) >= 11 is 0. The van der Waals surface area contributed by atoms with Gasteiger partial charge in [-0.15, -0.1) is 0 Å². The van der Waals surface area contributed by atoms with Crippen LogP contribution in [0.1, 0.15) is 57.4 Å². The minimum absolute atomic E-state index is 0.288. The predicted octanol–water partition coefficient (Wildman–Crippen LogP) is 3.30. The van der Waals surface area contributed by atoms with Crippen molar-refractivity contribution < 1.29 is 14.7 Å². The molecule has 0 aliphatic rings. The fourth-order valence-corrected chi connectivity index (χ4v) is 2.76. The molecule has 8 nitrogen and oxygen atoms in total. The second-order valence-electron chi connectivity index (χ2n) is 7.23. The molecule has 0 aliphatic carbocycles. The van der Waals surface area contributed by atoms with E-state index in [9.17, 15) is 9.59 Å². The molecule has 0 radical (unpaired) electrons. The van der Waals surface area contributed by atoms with Gasteiger partial charge in [0.1, 0.15) is 23.9 Å². The third-order valence-electron chi connectivity index (χ3n) is 4.64. The first-order valence-corrected chi connectivity index (χ1v) is 10.7. The van der Waals surface area contributed by atoms with Gasteiger partial charge in [-0.1, -0.05) is 39.0 Å². The van der Waals surface area contributed by atoms with E-state index in [1.165, 1.54) is 6.33 Å². The van der Waals surface area contributed by atoms with E-state index in [-0.39, 0.29) is 11.6 Å². The highest BCUT2D eigenvalue weighted by Gasteiger charge is 2.14. The van der Waals surface area contributed by atoms with Crippen molar-refractivity contribution in [1.82, 2.24) is 20.6 Å². The number of hydrogen-bond donors (Lipinski definition) is 3. The third kappa shape index (κ3) is 9.13. The summed E-state index contributed by atoms with van der Waals surface area (Å²) in [7, 11) is 0. The number of allylic oxidation sites excluding steroid dienone is 3. The second-order valence-corrected chi connectivity index (χ2v) is 7.23. The SMILES string of the molecule is C=C/C(NC(=O)c1cc(N(CCC)CCCC)ncn1)=C(C)\C=C\CNC(C)C(=O)O. The average Bonchev–Trinajstić information content (AvgIpc) is 2.77. The highest BCUT2D eigenvalue weighted by Crippen LogP contribution is 2.14. The molecule has 0 aliphatic heterocycles. The van der Waals surface area contributed by atoms with Gasteiger partial charge >= 0.3 is 5.97 Å². The molecule has 0 bridgehead atoms. The maximum absolute atomic E-state index is 12.8. The fourth-order valence-electron chi connectivity index (χ4n) is 2.76. The molecule has 1 amide bonds. The molecule has 1 aromatic heterocycles. The summed E-state index contributed by atoms with van der Waals surface area (Å²) in [6, 6.07) is 1.08. The van der Waals surface area contributed by atoms with Crippen molar-refractivity contribution in [3.8, 4) is 0 Å². The summed E-state index contributed by atoms with van der Waals surface area (Å²) in [6.45, 7) is 13.6. The van der Waals surface area contributed by atoms with E-state index < -0.39 is 12.0 Å². The minimum Gasteiger partial charge on any atom is -0.480 e. The molecule has 0 saturated heterocycles. The normalized spacial score (nSPS) is 12.9. The minimum atomic E-state index is -0.906. The van der Waals surface area contributed by atoms with E-state index in [2.05, 4.69) is 45.9 Å². The van der Waals surface area contributed by atoms with E-state index in [1.54, 1.807) is 31.2 Å². The van der Waals surface area contributed by atoms with Crippen LogP contribution in [0.15, 0.2) is 48.5 Å². The Balaban J connectivity index is 2.88. The fraction of sp³-hybridized carbons (Fsp3) is 0.478. The number of aliphatic carboxylic acids is 1. The standard InChI is InChI=1S/C23H35N5O3/c1-6-9-14-28(13-7-2)21-15-20(25-16-26-21)22(29)27-19(8-3)17(4)11-10-12-24-18(5)23(30)31/h8,10-11,15-16,18,24H,3,6-7,9,12-14H2,1-2,4-5H3,(H,27,29)(H,30,31)/b11-10+,19-17+. The zero-order valence-electron chi connectivity index (χ0n) is 19.0. The van der Waals surface area contributed by atoms with Gasteiger partial charge in [-0.25, -0.2) is 9.97 Å². The lowest BCUT2D eigenvalue weighted by Crippen LogP contribution is -2.33. The van der Waals surface area contributed by atoms with Crippen LogP contribution in [-0.4, -0.2) is 52.6 Å². The number of rotatable bonds is 14. The molecule has 1 rings (SSSR count). The van der Waals surface area contributed by atoms with E-state index in [1.807, 2.05) is 6.92 Å². The van der Waals surface area contributed by atoms with Gasteiger partial charge in [0, 0.05) is 31.4 Å². The van der Waals surface area contributed by atoms with Crippen LogP contribution in [0.3, 0.4) is 0 Å². The second kappa shape index (κ2) is 14.1. The molecule has 31 heavy (non-hydrogen) atoms. The van der Waals surface area contributed by atoms with Crippen molar-refractivity contribution in [3.05, 3.63) is 54.2 Å². The van der Waals surface area contributed by atoms with Crippen LogP contribution in [0.2, 0.25) is 0 Å². The van der Waals surface area contributed by atoms with Crippen LogP contribution in [0.5, 0.6) is 0 Å². The Morgan fingerprint density at radius 2 is 2.00 bits per heavy atom. The van der Waals surface area contributed by atoms with Crippen molar-refractivity contribution in [1.29, 1.82) is 0 Å². The number of amides is 1. The Kier molecular flexibility index (Phi) is 11.8. The molecule has 1 aromatic rings. The summed E-state index contributed by atoms with van der Waals surface area (Å²) in [6.07, 6.45) is 9.71. The maximum Gasteiger partial charge on any atom is 0.320 e. The monoisotopic (exact) mass is 429 g/mol. The lowest BCUT2D eigenvalue weighted by Gasteiger charge is -2.23. The van der Waals surface area contributed by atoms with Gasteiger partial charge in [-0.3, -0.25) is 9.59 Å². The number of unbranched alkanes of at least 4 members (excludes halogenated alkanes) is 1. The van der Waals surface area contributed by atoms with Crippen LogP contribution in [0.25, 0.3) is 0 Å². The largest absolute Gasteiger partial charge is 0.480 e. The molecule has 0 saturated carbocycles. The summed E-state index contributed by atoms with van der Waals surface area (Å²) < 4.78 is 0. The third-order valence-corrected chi connectivity index (χ3v) is 4.64. The summed E-state index contributed by atoms with van der Waals surface area (Å²) in [4.78, 5) is 34.2. The molecule has 8 heteroatoms. The van der Waals surface area contributed by atoms with Crippen LogP contribution in [0.4, 0.5) is 5.82 Å². The summed E-state index contributed by atoms with van der Waals surface area (Å²) in [5.41, 5.74) is 1.64. The van der Waals surface area contributed by atoms with Gasteiger partial charge in [0.15, 0.2) is 0 Å². The Morgan fingerprint density at radius 3 is 2.61 bits per heavy atom. The van der Waals surface area contributed by atoms with E-state index in [0.29, 0.717) is 12.2 Å². The highest BCUT2D eigenvalue weighted by molar-refractivity contribution is 5.94. The number of nitrogens with one attached hydrogen (secondary N) is 2.